The molecule has 0 spiro atoms. The van der Waals surface area contributed by atoms with Gasteiger partial charge in [0.05, 0.1) is 6.10 Å². The van der Waals surface area contributed by atoms with Crippen molar-refractivity contribution in [1.82, 2.24) is 0 Å². The maximum absolute atomic E-state index is 12.8. The summed E-state index contributed by atoms with van der Waals surface area (Å²) >= 11 is 0. The van der Waals surface area contributed by atoms with Gasteiger partial charge < -0.3 is 14.9 Å². The Morgan fingerprint density at radius 3 is 2.56 bits per heavy atom. The lowest BCUT2D eigenvalue weighted by atomic mass is 9.42. The van der Waals surface area contributed by atoms with E-state index in [-0.39, 0.29) is 17.3 Å². The monoisotopic (exact) mass is 378 g/mol. The van der Waals surface area contributed by atoms with Crippen LogP contribution >= 0.6 is 0 Å². The molecular weight excluding hydrogens is 340 g/mol. The van der Waals surface area contributed by atoms with Gasteiger partial charge in [-0.3, -0.25) is 4.79 Å². The fourth-order valence-corrected chi connectivity index (χ4v) is 8.96. The smallest absolute Gasteiger partial charge is 0.190 e. The summed E-state index contributed by atoms with van der Waals surface area (Å²) in [6.07, 6.45) is 8.15. The first-order valence-electron chi connectivity index (χ1n) is 11.1. The molecule has 0 aromatic carbocycles. The minimum Gasteiger partial charge on any atom is -0.393 e. The fraction of sp³-hybridized carbons (Fsp3) is 0.957. The van der Waals surface area contributed by atoms with Gasteiger partial charge in [-0.05, 0) is 86.4 Å². The molecule has 4 nitrogen and oxygen atoms in total. The summed E-state index contributed by atoms with van der Waals surface area (Å²) < 4.78 is 5.96. The maximum atomic E-state index is 12.8. The third kappa shape index (κ3) is 2.48. The Morgan fingerprint density at radius 2 is 1.89 bits per heavy atom. The van der Waals surface area contributed by atoms with Crippen LogP contribution in [0.3, 0.4) is 0 Å². The first-order chi connectivity index (χ1) is 12.7. The third-order valence-corrected chi connectivity index (χ3v) is 9.94. The summed E-state index contributed by atoms with van der Waals surface area (Å²) in [5.41, 5.74) is -0.673. The van der Waals surface area contributed by atoms with E-state index in [1.54, 1.807) is 7.11 Å². The van der Waals surface area contributed by atoms with Crippen molar-refractivity contribution in [2.75, 3.05) is 13.7 Å². The molecule has 4 aliphatic carbocycles. The first-order valence-corrected chi connectivity index (χ1v) is 11.1. The number of aliphatic hydroxyl groups excluding tert-OH is 2. The number of carbonyl (C=O) groups excluding carboxylic acids is 1. The third-order valence-electron chi connectivity index (χ3n) is 9.94. The molecule has 4 rings (SSSR count). The molecule has 9 atom stereocenters. The first kappa shape index (κ1) is 19.8. The Kier molecular flexibility index (Phi) is 4.80. The Bertz CT molecular complexity index is 605. The summed E-state index contributed by atoms with van der Waals surface area (Å²) in [4.78, 5) is 12.8. The number of rotatable bonds is 3. The Hall–Kier alpha value is -0.450. The van der Waals surface area contributed by atoms with E-state index in [0.717, 1.165) is 38.5 Å². The fourth-order valence-electron chi connectivity index (χ4n) is 8.96. The molecule has 0 aliphatic heterocycles. The number of hydrogen-bond acceptors (Lipinski definition) is 4. The van der Waals surface area contributed by atoms with Gasteiger partial charge in [0.25, 0.3) is 0 Å². The molecule has 4 aliphatic rings. The van der Waals surface area contributed by atoms with Gasteiger partial charge in [-0.25, -0.2) is 0 Å². The predicted octanol–water partition coefficient (Wildman–Crippen LogP) is 3.58. The highest BCUT2D eigenvalue weighted by Gasteiger charge is 2.68. The maximum Gasteiger partial charge on any atom is 0.190 e. The molecule has 0 radical (unpaired) electrons. The van der Waals surface area contributed by atoms with Crippen LogP contribution in [0.15, 0.2) is 0 Å². The van der Waals surface area contributed by atoms with Gasteiger partial charge in [-0.1, -0.05) is 20.8 Å². The van der Waals surface area contributed by atoms with Crippen LogP contribution in [0.5, 0.6) is 0 Å². The highest BCUT2D eigenvalue weighted by atomic mass is 16.5. The van der Waals surface area contributed by atoms with Gasteiger partial charge in [0.15, 0.2) is 5.78 Å². The van der Waals surface area contributed by atoms with Crippen LogP contribution in [0.25, 0.3) is 0 Å². The van der Waals surface area contributed by atoms with Crippen LogP contribution in [0.1, 0.15) is 72.1 Å². The van der Waals surface area contributed by atoms with E-state index >= 15 is 0 Å². The average molecular weight is 379 g/mol. The zero-order valence-electron chi connectivity index (χ0n) is 17.5. The molecule has 0 bridgehead atoms. The molecule has 0 heterocycles. The zero-order chi connectivity index (χ0) is 19.6. The Labute approximate surface area is 164 Å². The van der Waals surface area contributed by atoms with Crippen molar-refractivity contribution in [3.63, 3.8) is 0 Å². The number of fused-ring (bicyclic) bond motifs is 5. The normalized spacial score (nSPS) is 54.7. The number of carbonyl (C=O) groups is 1. The second kappa shape index (κ2) is 6.53. The van der Waals surface area contributed by atoms with E-state index in [2.05, 4.69) is 20.8 Å². The van der Waals surface area contributed by atoms with Crippen LogP contribution in [0.2, 0.25) is 0 Å². The highest BCUT2D eigenvalue weighted by Crippen LogP contribution is 2.70. The van der Waals surface area contributed by atoms with Crippen LogP contribution in [0.4, 0.5) is 0 Å². The lowest BCUT2D eigenvalue weighted by molar-refractivity contribution is -0.192. The average Bonchev–Trinajstić information content (AvgIpc) is 2.94. The number of aliphatic hydroxyl groups is 2. The van der Waals surface area contributed by atoms with E-state index in [4.69, 9.17) is 4.74 Å². The molecule has 0 aromatic rings. The second-order valence-corrected chi connectivity index (χ2v) is 10.8. The second-order valence-electron chi connectivity index (χ2n) is 10.8. The molecular formula is C23H38O4. The quantitative estimate of drug-likeness (QED) is 0.788. The summed E-state index contributed by atoms with van der Waals surface area (Å²) in [6, 6.07) is 0. The van der Waals surface area contributed by atoms with Crippen LogP contribution in [-0.2, 0) is 9.53 Å². The standard InChI is InChI=1S/C23H38O4/c1-14-12-22(3)18(8-10-23(22,27-4)19(26)13-24)17-6-5-15-11-16(25)7-9-21(15,2)20(14)17/h14-18,20,24-25H,5-13H2,1-4H3/t14?,15?,16?,17?,18?,20?,21-,22-,23?/m0/s1. The minimum absolute atomic E-state index is 0.112. The van der Waals surface area contributed by atoms with E-state index in [0.29, 0.717) is 35.0 Å². The number of ketones is 1. The van der Waals surface area contributed by atoms with E-state index in [1.165, 1.54) is 12.8 Å². The molecule has 7 unspecified atom stereocenters. The summed E-state index contributed by atoms with van der Waals surface area (Å²) in [5.74, 6) is 2.87. The molecule has 154 valence electrons. The molecule has 0 amide bonds. The number of ether oxygens (including phenoxy) is 1. The molecule has 4 saturated carbocycles. The predicted molar refractivity (Wildman–Crippen MR) is 104 cm³/mol. The summed E-state index contributed by atoms with van der Waals surface area (Å²) in [6.45, 7) is 6.74. The summed E-state index contributed by atoms with van der Waals surface area (Å²) in [7, 11) is 1.67. The molecule has 2 N–H and O–H groups in total. The molecule has 4 fully saturated rings. The lowest BCUT2D eigenvalue weighted by Crippen LogP contribution is -2.62. The van der Waals surface area contributed by atoms with Crippen molar-refractivity contribution in [3.8, 4) is 0 Å². The largest absolute Gasteiger partial charge is 0.393 e. The Balaban J connectivity index is 1.70. The van der Waals surface area contributed by atoms with Crippen LogP contribution < -0.4 is 0 Å². The van der Waals surface area contributed by atoms with Gasteiger partial charge in [-0.2, -0.15) is 0 Å². The van der Waals surface area contributed by atoms with Gasteiger partial charge >= 0.3 is 0 Å². The number of methoxy groups -OCH3 is 1. The van der Waals surface area contributed by atoms with Crippen molar-refractivity contribution in [1.29, 1.82) is 0 Å². The van der Waals surface area contributed by atoms with Crippen molar-refractivity contribution in [2.45, 2.75) is 83.8 Å². The minimum atomic E-state index is -0.813. The van der Waals surface area contributed by atoms with Gasteiger partial charge in [0, 0.05) is 12.5 Å². The zero-order valence-corrected chi connectivity index (χ0v) is 17.5. The molecule has 4 heteroatoms. The van der Waals surface area contributed by atoms with Gasteiger partial charge in [0.1, 0.15) is 12.2 Å². The molecule has 0 aromatic heterocycles. The van der Waals surface area contributed by atoms with Crippen molar-refractivity contribution >= 4 is 5.78 Å². The van der Waals surface area contributed by atoms with Crippen molar-refractivity contribution in [3.05, 3.63) is 0 Å². The van der Waals surface area contributed by atoms with E-state index < -0.39 is 12.2 Å². The van der Waals surface area contributed by atoms with Gasteiger partial charge in [0.2, 0.25) is 0 Å². The van der Waals surface area contributed by atoms with E-state index in [9.17, 15) is 15.0 Å². The van der Waals surface area contributed by atoms with Crippen LogP contribution in [-0.4, -0.2) is 41.4 Å². The van der Waals surface area contributed by atoms with Crippen molar-refractivity contribution < 1.29 is 19.7 Å². The highest BCUT2D eigenvalue weighted by molar-refractivity contribution is 5.89. The number of Topliss-reactive ketones (excluding diaryl/α,β-unsaturated/α-hetero) is 1. The SMILES string of the molecule is COC1(C(=O)CO)CCC2C3CCC4CC(O)CC[C@]4(C)C3C(C)C[C@@]21C. The van der Waals surface area contributed by atoms with Crippen molar-refractivity contribution in [2.24, 2.45) is 40.4 Å². The summed E-state index contributed by atoms with van der Waals surface area (Å²) in [5, 5.41) is 19.9. The number of hydrogen-bond donors (Lipinski definition) is 2. The molecule has 0 saturated heterocycles. The van der Waals surface area contributed by atoms with Crippen LogP contribution in [0, 0.1) is 40.4 Å². The Morgan fingerprint density at radius 1 is 1.15 bits per heavy atom. The van der Waals surface area contributed by atoms with Gasteiger partial charge in [-0.15, -0.1) is 0 Å². The topological polar surface area (TPSA) is 66.8 Å². The lowest BCUT2D eigenvalue weighted by Gasteiger charge is -2.63. The molecule has 27 heavy (non-hydrogen) atoms. The van der Waals surface area contributed by atoms with E-state index in [1.807, 2.05) is 0 Å².